The number of rotatable bonds is 6. The molecule has 10 heteroatoms. The van der Waals surface area contributed by atoms with Gasteiger partial charge in [0, 0.05) is 34.1 Å². The van der Waals surface area contributed by atoms with Crippen molar-refractivity contribution in [3.63, 3.8) is 0 Å². The number of carbonyl (C=O) groups is 1. The van der Waals surface area contributed by atoms with Gasteiger partial charge >= 0.3 is 0 Å². The minimum atomic E-state index is -0.287. The van der Waals surface area contributed by atoms with Crippen molar-refractivity contribution in [3.05, 3.63) is 71.6 Å². The lowest BCUT2D eigenvalue weighted by molar-refractivity contribution is -0.115. The third-order valence-electron chi connectivity index (χ3n) is 5.56. The Balaban J connectivity index is 1.20. The molecule has 164 valence electrons. The summed E-state index contributed by atoms with van der Waals surface area (Å²) in [6.45, 7) is 0. The molecular formula is C23H18FN7OS. The number of aromatic nitrogens is 6. The molecule has 0 bridgehead atoms. The molecule has 0 aliphatic heterocycles. The van der Waals surface area contributed by atoms with Crippen molar-refractivity contribution in [2.45, 2.75) is 25.3 Å². The molecule has 1 saturated carbocycles. The number of nitrogens with one attached hydrogen (secondary N) is 1. The summed E-state index contributed by atoms with van der Waals surface area (Å²) in [5.74, 6) is 0.288. The van der Waals surface area contributed by atoms with Gasteiger partial charge < -0.3 is 5.32 Å². The molecule has 0 radical (unpaired) electrons. The number of nitrogens with zero attached hydrogens (tertiary/aromatic N) is 6. The lowest BCUT2D eigenvalue weighted by atomic mass is 10.2. The zero-order valence-electron chi connectivity index (χ0n) is 17.3. The molecule has 6 rings (SSSR count). The highest BCUT2D eigenvalue weighted by atomic mass is 32.1. The summed E-state index contributed by atoms with van der Waals surface area (Å²) in [5, 5.41) is 17.0. The Morgan fingerprint density at radius 2 is 2.00 bits per heavy atom. The molecule has 3 heterocycles. The standard InChI is InChI=1S/C23H18FN7OS/c24-16-6-4-14(5-7-16)20-12-30-19(13-33-23(30)26-20)11-21(32)25-17-3-1-2-15(10-17)22-27-28-29-31(22)18-8-9-18/h1-7,10,12-13,18H,8-9,11H2,(H,25,32). The highest BCUT2D eigenvalue weighted by Gasteiger charge is 2.28. The van der Waals surface area contributed by atoms with E-state index in [9.17, 15) is 9.18 Å². The monoisotopic (exact) mass is 459 g/mol. The summed E-state index contributed by atoms with van der Waals surface area (Å²) in [6, 6.07) is 14.1. The van der Waals surface area contributed by atoms with Crippen molar-refractivity contribution in [3.8, 4) is 22.6 Å². The molecule has 0 spiro atoms. The van der Waals surface area contributed by atoms with Crippen LogP contribution in [0.25, 0.3) is 27.6 Å². The second kappa shape index (κ2) is 7.89. The maximum atomic E-state index is 13.2. The second-order valence-corrected chi connectivity index (χ2v) is 8.83. The second-order valence-electron chi connectivity index (χ2n) is 8.00. The van der Waals surface area contributed by atoms with Gasteiger partial charge in [0.2, 0.25) is 5.91 Å². The van der Waals surface area contributed by atoms with E-state index in [1.54, 1.807) is 12.1 Å². The summed E-state index contributed by atoms with van der Waals surface area (Å²) in [7, 11) is 0. The first-order valence-electron chi connectivity index (χ1n) is 10.5. The molecule has 1 amide bonds. The molecule has 0 atom stereocenters. The maximum Gasteiger partial charge on any atom is 0.230 e. The molecule has 1 fully saturated rings. The van der Waals surface area contributed by atoms with Gasteiger partial charge in [-0.1, -0.05) is 12.1 Å². The van der Waals surface area contributed by atoms with Gasteiger partial charge in [-0.3, -0.25) is 9.20 Å². The molecule has 0 unspecified atom stereocenters. The summed E-state index contributed by atoms with van der Waals surface area (Å²) < 4.78 is 17.0. The fourth-order valence-corrected chi connectivity index (χ4v) is 4.64. The van der Waals surface area contributed by atoms with Crippen LogP contribution in [-0.4, -0.2) is 35.5 Å². The van der Waals surface area contributed by atoms with E-state index in [0.29, 0.717) is 17.6 Å². The Hall–Kier alpha value is -3.92. The van der Waals surface area contributed by atoms with Gasteiger partial charge in [-0.05, 0) is 59.7 Å². The van der Waals surface area contributed by atoms with Crippen LogP contribution in [-0.2, 0) is 11.2 Å². The van der Waals surface area contributed by atoms with Gasteiger partial charge in [-0.25, -0.2) is 14.1 Å². The van der Waals surface area contributed by atoms with Gasteiger partial charge in [0.25, 0.3) is 0 Å². The van der Waals surface area contributed by atoms with Gasteiger partial charge in [0.15, 0.2) is 10.8 Å². The number of hydrogen-bond donors (Lipinski definition) is 1. The van der Waals surface area contributed by atoms with E-state index in [4.69, 9.17) is 0 Å². The van der Waals surface area contributed by atoms with Crippen LogP contribution < -0.4 is 5.32 Å². The van der Waals surface area contributed by atoms with E-state index in [0.717, 1.165) is 40.3 Å². The molecule has 3 aromatic heterocycles. The van der Waals surface area contributed by atoms with E-state index in [1.165, 1.54) is 23.5 Å². The first-order chi connectivity index (χ1) is 16.1. The largest absolute Gasteiger partial charge is 0.326 e. The Morgan fingerprint density at radius 3 is 2.82 bits per heavy atom. The lowest BCUT2D eigenvalue weighted by Gasteiger charge is -2.08. The third-order valence-corrected chi connectivity index (χ3v) is 6.44. The molecule has 2 aromatic carbocycles. The normalized spacial score (nSPS) is 13.5. The number of carbonyl (C=O) groups excluding carboxylic acids is 1. The van der Waals surface area contributed by atoms with E-state index in [2.05, 4.69) is 25.8 Å². The minimum absolute atomic E-state index is 0.134. The molecular weight excluding hydrogens is 441 g/mol. The fraction of sp³-hybridized carbons (Fsp3) is 0.174. The van der Waals surface area contributed by atoms with Crippen LogP contribution in [0.5, 0.6) is 0 Å². The Kier molecular flexibility index (Phi) is 4.72. The summed E-state index contributed by atoms with van der Waals surface area (Å²) in [4.78, 5) is 18.2. The first-order valence-corrected chi connectivity index (χ1v) is 11.4. The summed E-state index contributed by atoms with van der Waals surface area (Å²) in [6.07, 6.45) is 4.24. The molecule has 1 N–H and O–H groups in total. The smallest absolute Gasteiger partial charge is 0.230 e. The number of tetrazole rings is 1. The van der Waals surface area contributed by atoms with Crippen LogP contribution in [0.15, 0.2) is 60.1 Å². The van der Waals surface area contributed by atoms with E-state index < -0.39 is 0 Å². The highest BCUT2D eigenvalue weighted by molar-refractivity contribution is 7.15. The molecule has 0 saturated heterocycles. The predicted molar refractivity (Wildman–Crippen MR) is 122 cm³/mol. The number of fused-ring (bicyclic) bond motifs is 1. The average molecular weight is 460 g/mol. The summed E-state index contributed by atoms with van der Waals surface area (Å²) in [5.41, 5.74) is 3.95. The topological polar surface area (TPSA) is 90.0 Å². The van der Waals surface area contributed by atoms with Crippen LogP contribution in [0.2, 0.25) is 0 Å². The highest BCUT2D eigenvalue weighted by Crippen LogP contribution is 2.36. The van der Waals surface area contributed by atoms with Crippen molar-refractivity contribution < 1.29 is 9.18 Å². The number of anilines is 1. The number of imidazole rings is 1. The first kappa shape index (κ1) is 19.7. The van der Waals surface area contributed by atoms with Gasteiger partial charge in [-0.2, -0.15) is 0 Å². The van der Waals surface area contributed by atoms with Gasteiger partial charge in [0.1, 0.15) is 5.82 Å². The zero-order chi connectivity index (χ0) is 22.4. The van der Waals surface area contributed by atoms with Crippen LogP contribution in [0, 0.1) is 5.82 Å². The van der Waals surface area contributed by atoms with Gasteiger partial charge in [0.05, 0.1) is 18.2 Å². The maximum absolute atomic E-state index is 13.2. The van der Waals surface area contributed by atoms with Gasteiger partial charge in [-0.15, -0.1) is 16.4 Å². The number of thiazole rings is 1. The van der Waals surface area contributed by atoms with Crippen LogP contribution in [0.4, 0.5) is 10.1 Å². The lowest BCUT2D eigenvalue weighted by Crippen LogP contribution is -2.15. The molecule has 1 aliphatic rings. The van der Waals surface area contributed by atoms with E-state index in [1.807, 2.05) is 44.9 Å². The zero-order valence-corrected chi connectivity index (χ0v) is 18.2. The number of hydrogen-bond acceptors (Lipinski definition) is 6. The summed E-state index contributed by atoms with van der Waals surface area (Å²) >= 11 is 1.46. The van der Waals surface area contributed by atoms with Crippen molar-refractivity contribution >= 4 is 27.9 Å². The fourth-order valence-electron chi connectivity index (χ4n) is 3.77. The third kappa shape index (κ3) is 3.89. The minimum Gasteiger partial charge on any atom is -0.326 e. The van der Waals surface area contributed by atoms with Crippen LogP contribution >= 0.6 is 11.3 Å². The van der Waals surface area contributed by atoms with E-state index >= 15 is 0 Å². The molecule has 1 aliphatic carbocycles. The van der Waals surface area contributed by atoms with Crippen LogP contribution in [0.3, 0.4) is 0 Å². The number of benzene rings is 2. The number of halogens is 1. The van der Waals surface area contributed by atoms with E-state index in [-0.39, 0.29) is 18.1 Å². The molecule has 8 nitrogen and oxygen atoms in total. The van der Waals surface area contributed by atoms with Crippen molar-refractivity contribution in [1.29, 1.82) is 0 Å². The molecule has 33 heavy (non-hydrogen) atoms. The van der Waals surface area contributed by atoms with Crippen molar-refractivity contribution in [2.24, 2.45) is 0 Å². The van der Waals surface area contributed by atoms with Crippen molar-refractivity contribution in [2.75, 3.05) is 5.32 Å². The van der Waals surface area contributed by atoms with Crippen LogP contribution in [0.1, 0.15) is 24.6 Å². The SMILES string of the molecule is O=C(Cc1csc2nc(-c3ccc(F)cc3)cn12)Nc1cccc(-c2nnnn2C2CC2)c1. The molecule has 5 aromatic rings. The van der Waals surface area contributed by atoms with Crippen molar-refractivity contribution in [1.82, 2.24) is 29.6 Å². The average Bonchev–Trinajstić information content (AvgIpc) is 3.22. The Labute approximate surface area is 191 Å². The Bertz CT molecular complexity index is 1470. The quantitative estimate of drug-likeness (QED) is 0.407. The Morgan fingerprint density at radius 1 is 1.15 bits per heavy atom. The number of amides is 1. The predicted octanol–water partition coefficient (Wildman–Crippen LogP) is 4.37.